The zero-order chi connectivity index (χ0) is 13.7. The van der Waals surface area contributed by atoms with Crippen LogP contribution in [0, 0.1) is 6.92 Å². The topological polar surface area (TPSA) is 29.1 Å². The molecule has 0 amide bonds. The van der Waals surface area contributed by atoms with Crippen LogP contribution in [-0.2, 0) is 11.0 Å². The standard InChI is InChI=1S/C15H14ClNOS/c1-12-2-4-13(5-3-12)10-11-19(18)17-15-8-6-14(16)7-9-15/h2-11,17H,1H3. The van der Waals surface area contributed by atoms with Gasteiger partial charge in [-0.3, -0.25) is 0 Å². The van der Waals surface area contributed by atoms with Crippen LogP contribution in [0.25, 0.3) is 6.08 Å². The minimum Gasteiger partial charge on any atom is -0.302 e. The lowest BCUT2D eigenvalue weighted by Gasteiger charge is -2.02. The van der Waals surface area contributed by atoms with Crippen molar-refractivity contribution in [1.82, 2.24) is 0 Å². The highest BCUT2D eigenvalue weighted by molar-refractivity contribution is 7.89. The summed E-state index contributed by atoms with van der Waals surface area (Å²) in [7, 11) is -1.26. The number of rotatable bonds is 4. The maximum absolute atomic E-state index is 11.8. The van der Waals surface area contributed by atoms with Gasteiger partial charge in [-0.15, -0.1) is 0 Å². The Morgan fingerprint density at radius 2 is 1.68 bits per heavy atom. The highest BCUT2D eigenvalue weighted by atomic mass is 35.5. The van der Waals surface area contributed by atoms with E-state index in [1.807, 2.05) is 37.3 Å². The molecule has 0 heterocycles. The summed E-state index contributed by atoms with van der Waals surface area (Å²) in [5.74, 6) is 0. The third-order valence-electron chi connectivity index (χ3n) is 2.52. The van der Waals surface area contributed by atoms with Crippen molar-refractivity contribution in [2.45, 2.75) is 6.92 Å². The highest BCUT2D eigenvalue weighted by Crippen LogP contribution is 2.14. The Hall–Kier alpha value is -1.58. The molecule has 0 aliphatic rings. The summed E-state index contributed by atoms with van der Waals surface area (Å²) >= 11 is 5.78. The molecule has 2 nitrogen and oxygen atoms in total. The van der Waals surface area contributed by atoms with Crippen molar-refractivity contribution in [3.63, 3.8) is 0 Å². The Bertz CT molecular complexity index is 591. The summed E-state index contributed by atoms with van der Waals surface area (Å²) in [4.78, 5) is 0. The van der Waals surface area contributed by atoms with E-state index >= 15 is 0 Å². The van der Waals surface area contributed by atoms with Crippen LogP contribution in [0.4, 0.5) is 5.69 Å². The summed E-state index contributed by atoms with van der Waals surface area (Å²) in [6.45, 7) is 2.04. The lowest BCUT2D eigenvalue weighted by molar-refractivity contribution is 0.691. The number of benzene rings is 2. The van der Waals surface area contributed by atoms with E-state index in [0.717, 1.165) is 11.3 Å². The number of hydrogen-bond donors (Lipinski definition) is 1. The van der Waals surface area contributed by atoms with Crippen LogP contribution >= 0.6 is 11.6 Å². The Balaban J connectivity index is 1.97. The van der Waals surface area contributed by atoms with Crippen molar-refractivity contribution in [2.24, 2.45) is 0 Å². The van der Waals surface area contributed by atoms with E-state index in [4.69, 9.17) is 11.6 Å². The SMILES string of the molecule is Cc1ccc(C=CS(=O)Nc2ccc(Cl)cc2)cc1. The van der Waals surface area contributed by atoms with E-state index in [0.29, 0.717) is 5.02 Å². The highest BCUT2D eigenvalue weighted by Gasteiger charge is 1.96. The first-order chi connectivity index (χ1) is 9.13. The van der Waals surface area contributed by atoms with Crippen LogP contribution in [0.1, 0.15) is 11.1 Å². The lowest BCUT2D eigenvalue weighted by Crippen LogP contribution is -1.99. The monoisotopic (exact) mass is 291 g/mol. The molecule has 0 radical (unpaired) electrons. The molecule has 1 atom stereocenters. The Kier molecular flexibility index (Phi) is 4.77. The molecule has 0 saturated carbocycles. The van der Waals surface area contributed by atoms with E-state index in [9.17, 15) is 4.21 Å². The molecule has 0 saturated heterocycles. The normalized spacial score (nSPS) is 12.5. The van der Waals surface area contributed by atoms with Crippen LogP contribution in [-0.4, -0.2) is 4.21 Å². The van der Waals surface area contributed by atoms with Gasteiger partial charge in [-0.05, 0) is 42.8 Å². The van der Waals surface area contributed by atoms with E-state index in [1.54, 1.807) is 29.7 Å². The van der Waals surface area contributed by atoms with Gasteiger partial charge in [0.2, 0.25) is 0 Å². The first kappa shape index (κ1) is 13.8. The van der Waals surface area contributed by atoms with Gasteiger partial charge in [0, 0.05) is 16.1 Å². The quantitative estimate of drug-likeness (QED) is 0.889. The van der Waals surface area contributed by atoms with Crippen LogP contribution < -0.4 is 4.72 Å². The van der Waals surface area contributed by atoms with Crippen molar-refractivity contribution in [2.75, 3.05) is 4.72 Å². The van der Waals surface area contributed by atoms with Crippen molar-refractivity contribution >= 4 is 34.3 Å². The molecule has 2 aromatic rings. The number of anilines is 1. The average Bonchev–Trinajstić information content (AvgIpc) is 2.41. The fourth-order valence-electron chi connectivity index (χ4n) is 1.49. The molecular formula is C15H14ClNOS. The molecule has 0 fully saturated rings. The summed E-state index contributed by atoms with van der Waals surface area (Å²) in [6.07, 6.45) is 1.83. The number of nitrogens with one attached hydrogen (secondary N) is 1. The van der Waals surface area contributed by atoms with Gasteiger partial charge in [0.25, 0.3) is 0 Å². The minimum atomic E-state index is -1.26. The van der Waals surface area contributed by atoms with Gasteiger partial charge in [0.15, 0.2) is 0 Å². The molecule has 4 heteroatoms. The second-order valence-electron chi connectivity index (χ2n) is 4.12. The number of hydrogen-bond acceptors (Lipinski definition) is 1. The Morgan fingerprint density at radius 3 is 2.32 bits per heavy atom. The van der Waals surface area contributed by atoms with Gasteiger partial charge in [-0.25, -0.2) is 4.21 Å². The first-order valence-corrected chi connectivity index (χ1v) is 7.40. The Labute approximate surface area is 120 Å². The fraction of sp³-hybridized carbons (Fsp3) is 0.0667. The van der Waals surface area contributed by atoms with Gasteiger partial charge in [0.1, 0.15) is 11.0 Å². The van der Waals surface area contributed by atoms with Gasteiger partial charge in [0.05, 0.1) is 0 Å². The molecule has 19 heavy (non-hydrogen) atoms. The molecule has 98 valence electrons. The molecule has 1 N–H and O–H groups in total. The summed E-state index contributed by atoms with van der Waals surface area (Å²) < 4.78 is 14.7. The summed E-state index contributed by atoms with van der Waals surface area (Å²) in [6, 6.07) is 15.1. The van der Waals surface area contributed by atoms with Crippen LogP contribution in [0.3, 0.4) is 0 Å². The third kappa shape index (κ3) is 4.54. The molecule has 2 aromatic carbocycles. The van der Waals surface area contributed by atoms with Crippen LogP contribution in [0.15, 0.2) is 53.9 Å². The second kappa shape index (κ2) is 6.55. The van der Waals surface area contributed by atoms with E-state index < -0.39 is 11.0 Å². The van der Waals surface area contributed by atoms with Gasteiger partial charge < -0.3 is 4.72 Å². The maximum atomic E-state index is 11.8. The zero-order valence-electron chi connectivity index (χ0n) is 10.5. The van der Waals surface area contributed by atoms with E-state index in [1.165, 1.54) is 5.56 Å². The van der Waals surface area contributed by atoms with Crippen LogP contribution in [0.5, 0.6) is 0 Å². The number of aryl methyl sites for hydroxylation is 1. The van der Waals surface area contributed by atoms with Crippen LogP contribution in [0.2, 0.25) is 5.02 Å². The zero-order valence-corrected chi connectivity index (χ0v) is 12.0. The van der Waals surface area contributed by atoms with Gasteiger partial charge in [-0.2, -0.15) is 0 Å². The fourth-order valence-corrected chi connectivity index (χ4v) is 2.33. The molecule has 0 bridgehead atoms. The minimum absolute atomic E-state index is 0.659. The molecule has 0 spiro atoms. The largest absolute Gasteiger partial charge is 0.302 e. The van der Waals surface area contributed by atoms with Crippen molar-refractivity contribution < 1.29 is 4.21 Å². The average molecular weight is 292 g/mol. The maximum Gasteiger partial charge on any atom is 0.142 e. The molecule has 1 unspecified atom stereocenters. The number of halogens is 1. The lowest BCUT2D eigenvalue weighted by atomic mass is 10.2. The van der Waals surface area contributed by atoms with E-state index in [2.05, 4.69) is 4.72 Å². The summed E-state index contributed by atoms with van der Waals surface area (Å²) in [5.41, 5.74) is 3.01. The van der Waals surface area contributed by atoms with Gasteiger partial charge in [-0.1, -0.05) is 41.4 Å². The third-order valence-corrected chi connectivity index (χ3v) is 3.60. The summed E-state index contributed by atoms with van der Waals surface area (Å²) in [5, 5.41) is 2.28. The predicted octanol–water partition coefficient (Wildman–Crippen LogP) is 4.39. The molecular weight excluding hydrogens is 278 g/mol. The van der Waals surface area contributed by atoms with E-state index in [-0.39, 0.29) is 0 Å². The van der Waals surface area contributed by atoms with Gasteiger partial charge >= 0.3 is 0 Å². The predicted molar refractivity (Wildman–Crippen MR) is 83.4 cm³/mol. The second-order valence-corrected chi connectivity index (χ2v) is 5.63. The van der Waals surface area contributed by atoms with Crippen molar-refractivity contribution in [1.29, 1.82) is 0 Å². The van der Waals surface area contributed by atoms with Crippen molar-refractivity contribution in [3.8, 4) is 0 Å². The molecule has 0 aliphatic carbocycles. The Morgan fingerprint density at radius 1 is 1.05 bits per heavy atom. The molecule has 0 aromatic heterocycles. The first-order valence-electron chi connectivity index (χ1n) is 5.81. The molecule has 2 rings (SSSR count). The smallest absolute Gasteiger partial charge is 0.142 e. The molecule has 0 aliphatic heterocycles. The van der Waals surface area contributed by atoms with Crippen molar-refractivity contribution in [3.05, 3.63) is 70.1 Å².